The molecule has 0 spiro atoms. The van der Waals surface area contributed by atoms with Crippen LogP contribution in [0.1, 0.15) is 298 Å². The Kier molecular flexibility index (Phi) is 45.7. The van der Waals surface area contributed by atoms with Crippen molar-refractivity contribution in [3.63, 3.8) is 0 Å². The molecule has 356 valence electrons. The van der Waals surface area contributed by atoms with E-state index in [0.29, 0.717) is 19.3 Å². The third-order valence-electron chi connectivity index (χ3n) is 12.2. The van der Waals surface area contributed by atoms with E-state index in [4.69, 9.17) is 14.2 Å². The summed E-state index contributed by atoms with van der Waals surface area (Å²) in [6.45, 7) is 11.3. The largest absolute Gasteiger partial charge is 0.462 e. The molecule has 6 heteroatoms. The second-order valence-corrected chi connectivity index (χ2v) is 19.5. The summed E-state index contributed by atoms with van der Waals surface area (Å²) >= 11 is 0. The molecule has 0 saturated carbocycles. The van der Waals surface area contributed by atoms with Crippen molar-refractivity contribution < 1.29 is 28.6 Å². The molecule has 0 rings (SSSR count). The number of hydrogen-bond acceptors (Lipinski definition) is 6. The first-order chi connectivity index (χ1) is 29.2. The lowest BCUT2D eigenvalue weighted by atomic mass is 10.0. The molecule has 0 amide bonds. The first-order valence-electron chi connectivity index (χ1n) is 26.7. The van der Waals surface area contributed by atoms with Gasteiger partial charge in [-0.25, -0.2) is 0 Å². The minimum atomic E-state index is -0.762. The van der Waals surface area contributed by atoms with Crippen molar-refractivity contribution in [2.24, 2.45) is 11.8 Å². The van der Waals surface area contributed by atoms with Crippen molar-refractivity contribution in [3.8, 4) is 0 Å². The van der Waals surface area contributed by atoms with E-state index in [9.17, 15) is 14.4 Å². The van der Waals surface area contributed by atoms with Crippen LogP contribution in [0.3, 0.4) is 0 Å². The van der Waals surface area contributed by atoms with Gasteiger partial charge in [-0.15, -0.1) is 0 Å². The quantitative estimate of drug-likeness (QED) is 0.0345. The molecule has 0 heterocycles. The third kappa shape index (κ3) is 47.5. The second-order valence-electron chi connectivity index (χ2n) is 19.5. The number of esters is 3. The molecule has 0 unspecified atom stereocenters. The van der Waals surface area contributed by atoms with Crippen LogP contribution in [0, 0.1) is 11.8 Å². The molecule has 0 aliphatic heterocycles. The third-order valence-corrected chi connectivity index (χ3v) is 12.2. The minimum Gasteiger partial charge on any atom is -0.462 e. The molecule has 0 N–H and O–H groups in total. The van der Waals surface area contributed by atoms with E-state index in [-0.39, 0.29) is 31.1 Å². The fourth-order valence-corrected chi connectivity index (χ4v) is 8.17. The Labute approximate surface area is 374 Å². The van der Waals surface area contributed by atoms with E-state index in [1.807, 2.05) is 0 Å². The highest BCUT2D eigenvalue weighted by atomic mass is 16.6. The predicted molar refractivity (Wildman–Crippen MR) is 256 cm³/mol. The van der Waals surface area contributed by atoms with E-state index < -0.39 is 6.10 Å². The van der Waals surface area contributed by atoms with Gasteiger partial charge in [0.15, 0.2) is 6.10 Å². The van der Waals surface area contributed by atoms with Gasteiger partial charge in [-0.3, -0.25) is 14.4 Å². The van der Waals surface area contributed by atoms with Gasteiger partial charge in [-0.05, 0) is 31.1 Å². The molecule has 0 bridgehead atoms. The Balaban J connectivity index is 4.25. The number of carbonyl (C=O) groups excluding carboxylic acids is 3. The van der Waals surface area contributed by atoms with Crippen LogP contribution in [0.15, 0.2) is 0 Å². The Bertz CT molecular complexity index is 916. The molecule has 0 aromatic carbocycles. The van der Waals surface area contributed by atoms with E-state index in [1.54, 1.807) is 0 Å². The van der Waals surface area contributed by atoms with Crippen LogP contribution in [0.25, 0.3) is 0 Å². The first-order valence-corrected chi connectivity index (χ1v) is 26.7. The zero-order valence-electron chi connectivity index (χ0n) is 41.1. The van der Waals surface area contributed by atoms with Gasteiger partial charge in [-0.1, -0.05) is 259 Å². The van der Waals surface area contributed by atoms with E-state index in [1.165, 1.54) is 186 Å². The molecule has 0 aromatic rings. The average Bonchev–Trinajstić information content (AvgIpc) is 3.22. The maximum atomic E-state index is 12.8. The van der Waals surface area contributed by atoms with Crippen molar-refractivity contribution in [2.45, 2.75) is 304 Å². The van der Waals surface area contributed by atoms with E-state index in [2.05, 4.69) is 34.6 Å². The monoisotopic (exact) mass is 849 g/mol. The zero-order chi connectivity index (χ0) is 44.0. The molecule has 0 aliphatic carbocycles. The lowest BCUT2D eigenvalue weighted by molar-refractivity contribution is -0.167. The summed E-state index contributed by atoms with van der Waals surface area (Å²) in [7, 11) is 0. The van der Waals surface area contributed by atoms with Crippen LogP contribution in [0.5, 0.6) is 0 Å². The van der Waals surface area contributed by atoms with Crippen LogP contribution in [-0.2, 0) is 28.6 Å². The van der Waals surface area contributed by atoms with Gasteiger partial charge in [0.1, 0.15) is 13.2 Å². The normalized spacial score (nSPS) is 12.1. The molecular formula is C54H104O6. The fraction of sp³-hybridized carbons (Fsp3) is 0.944. The zero-order valence-corrected chi connectivity index (χ0v) is 41.1. The topological polar surface area (TPSA) is 78.9 Å². The first kappa shape index (κ1) is 58.4. The van der Waals surface area contributed by atoms with E-state index >= 15 is 0 Å². The van der Waals surface area contributed by atoms with Crippen LogP contribution in [0.4, 0.5) is 0 Å². The summed E-state index contributed by atoms with van der Waals surface area (Å²) in [6, 6.07) is 0. The smallest absolute Gasteiger partial charge is 0.306 e. The molecule has 0 aromatic heterocycles. The highest BCUT2D eigenvalue weighted by Crippen LogP contribution is 2.18. The lowest BCUT2D eigenvalue weighted by Gasteiger charge is -2.18. The summed E-state index contributed by atoms with van der Waals surface area (Å²) in [6.07, 6.45) is 48.2. The van der Waals surface area contributed by atoms with Crippen molar-refractivity contribution in [2.75, 3.05) is 13.2 Å². The molecule has 0 aliphatic rings. The summed E-state index contributed by atoms with van der Waals surface area (Å²) in [4.78, 5) is 37.9. The summed E-state index contributed by atoms with van der Waals surface area (Å²) < 4.78 is 16.8. The molecular weight excluding hydrogens is 745 g/mol. The number of hydrogen-bond donors (Lipinski definition) is 0. The number of rotatable bonds is 48. The summed E-state index contributed by atoms with van der Waals surface area (Å²) in [5.41, 5.74) is 0. The van der Waals surface area contributed by atoms with Crippen molar-refractivity contribution in [3.05, 3.63) is 0 Å². The van der Waals surface area contributed by atoms with Gasteiger partial charge in [-0.2, -0.15) is 0 Å². The van der Waals surface area contributed by atoms with E-state index in [0.717, 1.165) is 69.6 Å². The highest BCUT2D eigenvalue weighted by molar-refractivity contribution is 5.71. The Hall–Kier alpha value is -1.59. The SMILES string of the molecule is CCCCCCCCCCCCCCCCCC(=O)OC[C@@H](COC(=O)CCCCCCCCC(C)C)OC(=O)CCCCCCCCCCCCCCCCCC(C)C. The highest BCUT2D eigenvalue weighted by Gasteiger charge is 2.19. The second kappa shape index (κ2) is 46.9. The summed E-state index contributed by atoms with van der Waals surface area (Å²) in [5.74, 6) is 0.761. The van der Waals surface area contributed by atoms with Gasteiger partial charge in [0.05, 0.1) is 0 Å². The Morgan fingerprint density at radius 1 is 0.317 bits per heavy atom. The molecule has 6 nitrogen and oxygen atoms in total. The van der Waals surface area contributed by atoms with Crippen LogP contribution in [-0.4, -0.2) is 37.2 Å². The van der Waals surface area contributed by atoms with Crippen LogP contribution >= 0.6 is 0 Å². The number of unbranched alkanes of at least 4 members (excludes halogenated alkanes) is 33. The number of carbonyl (C=O) groups is 3. The van der Waals surface area contributed by atoms with Crippen LogP contribution in [0.2, 0.25) is 0 Å². The molecule has 0 radical (unpaired) electrons. The molecule has 0 fully saturated rings. The van der Waals surface area contributed by atoms with Gasteiger partial charge in [0.25, 0.3) is 0 Å². The standard InChI is InChI=1S/C54H104O6/c1-6-7-8-9-10-11-12-13-15-19-22-25-28-34-39-44-52(55)58-47-51(48-59-53(56)45-40-35-31-30-33-38-43-50(4)5)60-54(57)46-41-36-29-26-23-20-17-14-16-18-21-24-27-32-37-42-49(2)3/h49-51H,6-48H2,1-5H3/t51-/m0/s1. The summed E-state index contributed by atoms with van der Waals surface area (Å²) in [5, 5.41) is 0. The lowest BCUT2D eigenvalue weighted by Crippen LogP contribution is -2.30. The van der Waals surface area contributed by atoms with Crippen molar-refractivity contribution in [1.82, 2.24) is 0 Å². The van der Waals surface area contributed by atoms with Crippen molar-refractivity contribution >= 4 is 17.9 Å². The minimum absolute atomic E-state index is 0.0641. The predicted octanol–water partition coefficient (Wildman–Crippen LogP) is 17.3. The molecule has 1 atom stereocenters. The van der Waals surface area contributed by atoms with Crippen molar-refractivity contribution in [1.29, 1.82) is 0 Å². The Morgan fingerprint density at radius 2 is 0.550 bits per heavy atom. The Morgan fingerprint density at radius 3 is 0.817 bits per heavy atom. The van der Waals surface area contributed by atoms with Gasteiger partial charge in [0.2, 0.25) is 0 Å². The van der Waals surface area contributed by atoms with Gasteiger partial charge >= 0.3 is 17.9 Å². The maximum Gasteiger partial charge on any atom is 0.306 e. The van der Waals surface area contributed by atoms with Crippen LogP contribution < -0.4 is 0 Å². The fourth-order valence-electron chi connectivity index (χ4n) is 8.17. The van der Waals surface area contributed by atoms with Gasteiger partial charge in [0, 0.05) is 19.3 Å². The molecule has 0 saturated heterocycles. The molecule has 60 heavy (non-hydrogen) atoms. The number of ether oxygens (including phenoxy) is 3. The average molecular weight is 849 g/mol. The maximum absolute atomic E-state index is 12.8. The van der Waals surface area contributed by atoms with Gasteiger partial charge < -0.3 is 14.2 Å².